The van der Waals surface area contributed by atoms with Crippen LogP contribution in [0.3, 0.4) is 0 Å². The van der Waals surface area contributed by atoms with Crippen LogP contribution in [0.1, 0.15) is 6.42 Å². The Hall–Kier alpha value is -3.13. The van der Waals surface area contributed by atoms with Gasteiger partial charge in [0.1, 0.15) is 6.04 Å². The van der Waals surface area contributed by atoms with E-state index in [1.54, 1.807) is 0 Å². The maximum Gasteiger partial charge on any atom is 0.243 e. The number of benzene rings is 2. The lowest BCUT2D eigenvalue weighted by molar-refractivity contribution is -0.137. The van der Waals surface area contributed by atoms with Gasteiger partial charge in [-0.05, 0) is 36.5 Å². The number of rotatable bonds is 4. The lowest BCUT2D eigenvalue weighted by Gasteiger charge is -2.39. The molecule has 2 aliphatic heterocycles. The van der Waals surface area contributed by atoms with E-state index in [1.807, 2.05) is 58.3 Å². The first-order valence-electron chi connectivity index (χ1n) is 10.6. The molecular weight excluding hydrogens is 410 g/mol. The standard InChI is InChI=1S/C23H27N5O2S/c29-21(27-15-13-26(14-16-27)19-9-5-2-6-10-19)17-20-22(30)24-11-12-28(20)23(31)25-18-7-3-1-4-8-18/h1-10,20H,11-17H2,(H,24,30)(H,25,31)/t20-/m0/s1. The molecule has 0 saturated carbocycles. The van der Waals surface area contributed by atoms with E-state index >= 15 is 0 Å². The highest BCUT2D eigenvalue weighted by atomic mass is 32.1. The number of nitrogens with one attached hydrogen (secondary N) is 2. The smallest absolute Gasteiger partial charge is 0.243 e. The fourth-order valence-electron chi connectivity index (χ4n) is 4.02. The maximum absolute atomic E-state index is 13.0. The van der Waals surface area contributed by atoms with Crippen LogP contribution in [0, 0.1) is 0 Å². The molecule has 2 N–H and O–H groups in total. The van der Waals surface area contributed by atoms with Crippen molar-refractivity contribution in [1.29, 1.82) is 0 Å². The van der Waals surface area contributed by atoms with Crippen molar-refractivity contribution in [3.63, 3.8) is 0 Å². The van der Waals surface area contributed by atoms with Crippen LogP contribution in [-0.4, -0.2) is 72.0 Å². The first-order chi connectivity index (χ1) is 15.1. The van der Waals surface area contributed by atoms with Gasteiger partial charge >= 0.3 is 0 Å². The van der Waals surface area contributed by atoms with Crippen LogP contribution in [-0.2, 0) is 9.59 Å². The van der Waals surface area contributed by atoms with E-state index in [0.717, 1.165) is 18.8 Å². The molecule has 2 heterocycles. The molecule has 1 atom stereocenters. The third-order valence-corrected chi connectivity index (χ3v) is 6.07. The molecule has 2 amide bonds. The summed E-state index contributed by atoms with van der Waals surface area (Å²) in [5.41, 5.74) is 2.03. The van der Waals surface area contributed by atoms with Gasteiger partial charge in [-0.25, -0.2) is 0 Å². The number of piperazine rings is 2. The predicted octanol–water partition coefficient (Wildman–Crippen LogP) is 1.92. The van der Waals surface area contributed by atoms with Crippen molar-refractivity contribution in [2.45, 2.75) is 12.5 Å². The van der Waals surface area contributed by atoms with Gasteiger partial charge in [-0.15, -0.1) is 0 Å². The Morgan fingerprint density at radius 2 is 1.61 bits per heavy atom. The zero-order valence-corrected chi connectivity index (χ0v) is 18.2. The molecule has 0 spiro atoms. The second-order valence-electron chi connectivity index (χ2n) is 7.70. The predicted molar refractivity (Wildman–Crippen MR) is 126 cm³/mol. The van der Waals surface area contributed by atoms with Crippen LogP contribution >= 0.6 is 12.2 Å². The maximum atomic E-state index is 13.0. The largest absolute Gasteiger partial charge is 0.368 e. The van der Waals surface area contributed by atoms with Gasteiger partial charge in [-0.2, -0.15) is 0 Å². The number of para-hydroxylation sites is 2. The Morgan fingerprint density at radius 1 is 0.968 bits per heavy atom. The average molecular weight is 438 g/mol. The highest BCUT2D eigenvalue weighted by Gasteiger charge is 2.35. The molecule has 162 valence electrons. The summed E-state index contributed by atoms with van der Waals surface area (Å²) in [5, 5.41) is 6.52. The van der Waals surface area contributed by atoms with Gasteiger partial charge in [-0.1, -0.05) is 36.4 Å². The summed E-state index contributed by atoms with van der Waals surface area (Å²) < 4.78 is 0. The molecule has 0 unspecified atom stereocenters. The summed E-state index contributed by atoms with van der Waals surface area (Å²) in [4.78, 5) is 31.6. The van der Waals surface area contributed by atoms with Gasteiger partial charge < -0.3 is 25.3 Å². The van der Waals surface area contributed by atoms with E-state index in [2.05, 4.69) is 27.7 Å². The molecule has 7 nitrogen and oxygen atoms in total. The van der Waals surface area contributed by atoms with Crippen molar-refractivity contribution >= 4 is 40.5 Å². The summed E-state index contributed by atoms with van der Waals surface area (Å²) in [7, 11) is 0. The molecule has 0 aromatic heterocycles. The van der Waals surface area contributed by atoms with Crippen molar-refractivity contribution in [3.05, 3.63) is 60.7 Å². The molecular formula is C23H27N5O2S. The molecule has 0 aliphatic carbocycles. The first-order valence-corrected chi connectivity index (χ1v) is 11.0. The highest BCUT2D eigenvalue weighted by Crippen LogP contribution is 2.18. The number of anilines is 2. The lowest BCUT2D eigenvalue weighted by Crippen LogP contribution is -2.60. The Kier molecular flexibility index (Phi) is 6.66. The number of nitrogens with zero attached hydrogens (tertiary/aromatic N) is 3. The minimum absolute atomic E-state index is 0.0118. The summed E-state index contributed by atoms with van der Waals surface area (Å²) in [6.45, 7) is 3.94. The normalized spacial score (nSPS) is 19.0. The van der Waals surface area contributed by atoms with Crippen LogP contribution in [0.5, 0.6) is 0 Å². The lowest BCUT2D eigenvalue weighted by atomic mass is 10.1. The van der Waals surface area contributed by atoms with Crippen molar-refractivity contribution < 1.29 is 9.59 Å². The second-order valence-corrected chi connectivity index (χ2v) is 8.09. The van der Waals surface area contributed by atoms with Gasteiger partial charge in [-0.3, -0.25) is 9.59 Å². The van der Waals surface area contributed by atoms with Gasteiger partial charge in [0.2, 0.25) is 11.8 Å². The Labute approximate surface area is 188 Å². The quantitative estimate of drug-likeness (QED) is 0.713. The molecule has 31 heavy (non-hydrogen) atoms. The SMILES string of the molecule is O=C1NCCN(C(=S)Nc2ccccc2)[C@H]1CC(=O)N1CCN(c2ccccc2)CC1. The Morgan fingerprint density at radius 3 is 2.29 bits per heavy atom. The minimum atomic E-state index is -0.600. The highest BCUT2D eigenvalue weighted by molar-refractivity contribution is 7.80. The molecule has 2 aromatic carbocycles. The van der Waals surface area contributed by atoms with Gasteiger partial charge in [0.25, 0.3) is 0 Å². The zero-order chi connectivity index (χ0) is 21.6. The monoisotopic (exact) mass is 437 g/mol. The number of thiocarbonyl (C=S) groups is 1. The number of carbonyl (C=O) groups is 2. The third kappa shape index (κ3) is 5.14. The summed E-state index contributed by atoms with van der Waals surface area (Å²) in [5.74, 6) is -0.165. The van der Waals surface area contributed by atoms with Crippen LogP contribution in [0.2, 0.25) is 0 Å². The van der Waals surface area contributed by atoms with Crippen molar-refractivity contribution in [2.24, 2.45) is 0 Å². The van der Waals surface area contributed by atoms with Gasteiger partial charge in [0.05, 0.1) is 6.42 Å². The molecule has 2 fully saturated rings. The van der Waals surface area contributed by atoms with E-state index in [0.29, 0.717) is 31.3 Å². The zero-order valence-electron chi connectivity index (χ0n) is 17.4. The molecule has 0 radical (unpaired) electrons. The first kappa shape index (κ1) is 21.1. The van der Waals surface area contributed by atoms with E-state index in [9.17, 15) is 9.59 Å². The van der Waals surface area contributed by atoms with E-state index < -0.39 is 6.04 Å². The van der Waals surface area contributed by atoms with Crippen LogP contribution in [0.15, 0.2) is 60.7 Å². The Bertz CT molecular complexity index is 916. The number of carbonyl (C=O) groups excluding carboxylic acids is 2. The molecule has 8 heteroatoms. The summed E-state index contributed by atoms with van der Waals surface area (Å²) in [6.07, 6.45) is 0.119. The molecule has 2 saturated heterocycles. The fraction of sp³-hybridized carbons (Fsp3) is 0.348. The van der Waals surface area contributed by atoms with Gasteiger partial charge in [0, 0.05) is 50.6 Å². The van der Waals surface area contributed by atoms with E-state index in [4.69, 9.17) is 12.2 Å². The van der Waals surface area contributed by atoms with Crippen molar-refractivity contribution in [2.75, 3.05) is 49.5 Å². The third-order valence-electron chi connectivity index (χ3n) is 5.74. The molecule has 4 rings (SSSR count). The van der Waals surface area contributed by atoms with Crippen LogP contribution in [0.4, 0.5) is 11.4 Å². The second kappa shape index (κ2) is 9.78. The summed E-state index contributed by atoms with van der Waals surface area (Å²) in [6, 6.07) is 19.2. The van der Waals surface area contributed by atoms with Gasteiger partial charge in [0.15, 0.2) is 5.11 Å². The van der Waals surface area contributed by atoms with E-state index in [1.165, 1.54) is 5.69 Å². The number of hydrogen-bond donors (Lipinski definition) is 2. The van der Waals surface area contributed by atoms with Crippen LogP contribution in [0.25, 0.3) is 0 Å². The van der Waals surface area contributed by atoms with E-state index in [-0.39, 0.29) is 18.2 Å². The topological polar surface area (TPSA) is 67.9 Å². The minimum Gasteiger partial charge on any atom is -0.368 e. The number of hydrogen-bond acceptors (Lipinski definition) is 4. The number of amides is 2. The molecule has 2 aromatic rings. The fourth-order valence-corrected chi connectivity index (χ4v) is 4.36. The van der Waals surface area contributed by atoms with Crippen molar-refractivity contribution in [1.82, 2.24) is 15.1 Å². The van der Waals surface area contributed by atoms with Crippen LogP contribution < -0.4 is 15.5 Å². The Balaban J connectivity index is 1.36. The average Bonchev–Trinajstić information content (AvgIpc) is 2.81. The summed E-state index contributed by atoms with van der Waals surface area (Å²) >= 11 is 5.57. The van der Waals surface area contributed by atoms with Crippen molar-refractivity contribution in [3.8, 4) is 0 Å². The molecule has 0 bridgehead atoms. The molecule has 2 aliphatic rings.